The number of carbonyl (C=O) groups is 5. The fraction of sp³-hybridized carbons (Fsp3) is 0.348. The molecule has 3 N–H and O–H groups in total. The lowest BCUT2D eigenvalue weighted by Crippen LogP contribution is -2.54. The van der Waals surface area contributed by atoms with Crippen molar-refractivity contribution >= 4 is 40.7 Å². The van der Waals surface area contributed by atoms with Crippen LogP contribution in [0.4, 0.5) is 8.78 Å². The van der Waals surface area contributed by atoms with Crippen LogP contribution in [-0.2, 0) is 19.2 Å². The van der Waals surface area contributed by atoms with E-state index < -0.39 is 67.1 Å². The van der Waals surface area contributed by atoms with Crippen LogP contribution in [0.1, 0.15) is 30.1 Å². The van der Waals surface area contributed by atoms with Crippen molar-refractivity contribution < 1.29 is 37.9 Å². The molecule has 1 aliphatic heterocycles. The molecule has 2 aromatic carbocycles. The molecule has 0 spiro atoms. The lowest BCUT2D eigenvalue weighted by atomic mass is 10.0. The first kappa shape index (κ1) is 24.7. The predicted molar refractivity (Wildman–Crippen MR) is 116 cm³/mol. The number of halogens is 2. The number of aldehydes is 1. The number of nitrogens with one attached hydrogen (secondary N) is 2. The van der Waals surface area contributed by atoms with Crippen LogP contribution in [0.25, 0.3) is 10.8 Å². The number of amides is 3. The van der Waals surface area contributed by atoms with Crippen molar-refractivity contribution in [1.29, 1.82) is 0 Å². The van der Waals surface area contributed by atoms with E-state index in [1.807, 2.05) is 12.1 Å². The van der Waals surface area contributed by atoms with E-state index in [0.717, 1.165) is 5.39 Å². The van der Waals surface area contributed by atoms with E-state index >= 15 is 0 Å². The van der Waals surface area contributed by atoms with Crippen LogP contribution in [0.5, 0.6) is 0 Å². The van der Waals surface area contributed by atoms with E-state index in [1.165, 1.54) is 6.92 Å². The van der Waals surface area contributed by atoms with E-state index in [2.05, 4.69) is 10.6 Å². The van der Waals surface area contributed by atoms with Gasteiger partial charge in [0.05, 0.1) is 19.0 Å². The fourth-order valence-corrected chi connectivity index (χ4v) is 3.89. The first-order valence-corrected chi connectivity index (χ1v) is 10.5. The van der Waals surface area contributed by atoms with Gasteiger partial charge < -0.3 is 25.4 Å². The quantitative estimate of drug-likeness (QED) is 0.494. The molecule has 3 amide bonds. The standard InChI is InChI=1S/C23H23F2N3O6/c1-13(26-20(32)17-8-4-6-14-5-2-3-7-16(14)17)22(34)28-12-23(24,25)10-18(28)21(33)27-15(11-29)9-19(30)31/h2-8,11,13,15,18H,9-10,12H2,1H3,(H,26,32)(H,27,33)(H,30,31)/t13?,15-,18?/m0/s1. The van der Waals surface area contributed by atoms with Gasteiger partial charge in [-0.15, -0.1) is 0 Å². The number of benzene rings is 2. The van der Waals surface area contributed by atoms with E-state index in [9.17, 15) is 32.8 Å². The van der Waals surface area contributed by atoms with Gasteiger partial charge in [0.2, 0.25) is 11.8 Å². The molecule has 9 nitrogen and oxygen atoms in total. The normalized spacial score (nSPS) is 18.7. The number of fused-ring (bicyclic) bond motifs is 1. The van der Waals surface area contributed by atoms with Crippen LogP contribution in [0.2, 0.25) is 0 Å². The second-order valence-electron chi connectivity index (χ2n) is 8.11. The Labute approximate surface area is 193 Å². The Morgan fingerprint density at radius 2 is 1.82 bits per heavy atom. The third-order valence-corrected chi connectivity index (χ3v) is 5.49. The van der Waals surface area contributed by atoms with Gasteiger partial charge in [-0.05, 0) is 23.8 Å². The highest BCUT2D eigenvalue weighted by molar-refractivity contribution is 6.08. The number of hydrogen-bond acceptors (Lipinski definition) is 5. The summed E-state index contributed by atoms with van der Waals surface area (Å²) in [6.07, 6.45) is -1.55. The summed E-state index contributed by atoms with van der Waals surface area (Å²) in [4.78, 5) is 60.8. The highest BCUT2D eigenvalue weighted by atomic mass is 19.3. The molecular weight excluding hydrogens is 452 g/mol. The summed E-state index contributed by atoms with van der Waals surface area (Å²) in [5, 5.41) is 14.8. The molecule has 1 fully saturated rings. The van der Waals surface area contributed by atoms with Gasteiger partial charge in [-0.1, -0.05) is 36.4 Å². The summed E-state index contributed by atoms with van der Waals surface area (Å²) in [7, 11) is 0. The van der Waals surface area contributed by atoms with Gasteiger partial charge >= 0.3 is 5.97 Å². The van der Waals surface area contributed by atoms with E-state index in [-0.39, 0.29) is 6.29 Å². The van der Waals surface area contributed by atoms with Crippen molar-refractivity contribution in [3.05, 3.63) is 48.0 Å². The minimum absolute atomic E-state index is 0.179. The molecule has 1 heterocycles. The van der Waals surface area contributed by atoms with E-state index in [1.54, 1.807) is 30.3 Å². The fourth-order valence-electron chi connectivity index (χ4n) is 3.89. The van der Waals surface area contributed by atoms with Crippen molar-refractivity contribution in [3.63, 3.8) is 0 Å². The highest BCUT2D eigenvalue weighted by Crippen LogP contribution is 2.32. The van der Waals surface area contributed by atoms with Crippen LogP contribution in [-0.4, -0.2) is 70.6 Å². The van der Waals surface area contributed by atoms with Crippen LogP contribution in [0, 0.1) is 0 Å². The number of carboxylic acids is 1. The van der Waals surface area contributed by atoms with Gasteiger partial charge in [-0.25, -0.2) is 8.78 Å². The Balaban J connectivity index is 1.75. The van der Waals surface area contributed by atoms with E-state index in [0.29, 0.717) is 15.8 Å². The summed E-state index contributed by atoms with van der Waals surface area (Å²) >= 11 is 0. The molecule has 0 aromatic heterocycles. The molecule has 2 aromatic rings. The number of rotatable bonds is 8. The highest BCUT2D eigenvalue weighted by Gasteiger charge is 2.51. The minimum Gasteiger partial charge on any atom is -0.481 e. The number of carbonyl (C=O) groups excluding carboxylic acids is 4. The summed E-state index contributed by atoms with van der Waals surface area (Å²) in [5.41, 5.74) is 0.293. The Hall–Kier alpha value is -3.89. The molecule has 0 radical (unpaired) electrons. The maximum Gasteiger partial charge on any atom is 0.305 e. The molecule has 2 unspecified atom stereocenters. The number of carboxylic acid groups (broad SMARTS) is 1. The molecule has 1 aliphatic rings. The average molecular weight is 475 g/mol. The predicted octanol–water partition coefficient (Wildman–Crippen LogP) is 1.35. The van der Waals surface area contributed by atoms with Gasteiger partial charge in [0.15, 0.2) is 0 Å². The number of aliphatic carboxylic acids is 1. The Kier molecular flexibility index (Phi) is 7.23. The van der Waals surface area contributed by atoms with Gasteiger partial charge in [0, 0.05) is 12.0 Å². The zero-order valence-corrected chi connectivity index (χ0v) is 18.2. The van der Waals surface area contributed by atoms with Crippen LogP contribution >= 0.6 is 0 Å². The Bertz CT molecular complexity index is 1130. The maximum atomic E-state index is 14.1. The molecule has 34 heavy (non-hydrogen) atoms. The van der Waals surface area contributed by atoms with Crippen LogP contribution in [0.15, 0.2) is 42.5 Å². The molecule has 0 saturated carbocycles. The SMILES string of the molecule is CC(NC(=O)c1cccc2ccccc12)C(=O)N1CC(F)(F)CC1C(=O)N[C@H](C=O)CC(=O)O. The zero-order chi connectivity index (χ0) is 25.0. The maximum absolute atomic E-state index is 14.1. The summed E-state index contributed by atoms with van der Waals surface area (Å²) in [5.74, 6) is -7.32. The molecule has 3 atom stereocenters. The van der Waals surface area contributed by atoms with E-state index in [4.69, 9.17) is 5.11 Å². The summed E-state index contributed by atoms with van der Waals surface area (Å²) in [6.45, 7) is 0.262. The molecule has 0 aliphatic carbocycles. The lowest BCUT2D eigenvalue weighted by molar-refractivity contribution is -0.142. The number of likely N-dealkylation sites (tertiary alicyclic amines) is 1. The minimum atomic E-state index is -3.37. The van der Waals surface area contributed by atoms with Gasteiger partial charge in [0.1, 0.15) is 18.4 Å². The molecular formula is C23H23F2N3O6. The molecule has 3 rings (SSSR count). The van der Waals surface area contributed by atoms with Crippen molar-refractivity contribution in [1.82, 2.24) is 15.5 Å². The molecule has 0 bridgehead atoms. The number of nitrogens with zero attached hydrogens (tertiary/aromatic N) is 1. The van der Waals surface area contributed by atoms with Gasteiger partial charge in [0.25, 0.3) is 11.8 Å². The molecule has 180 valence electrons. The first-order valence-electron chi connectivity index (χ1n) is 10.5. The third-order valence-electron chi connectivity index (χ3n) is 5.49. The van der Waals surface area contributed by atoms with Crippen molar-refractivity contribution in [2.45, 2.75) is 43.8 Å². The van der Waals surface area contributed by atoms with Gasteiger partial charge in [-0.3, -0.25) is 19.2 Å². The zero-order valence-electron chi connectivity index (χ0n) is 18.2. The second kappa shape index (κ2) is 9.94. The Morgan fingerprint density at radius 3 is 2.50 bits per heavy atom. The first-order chi connectivity index (χ1) is 16.0. The largest absolute Gasteiger partial charge is 0.481 e. The van der Waals surface area contributed by atoms with Crippen molar-refractivity contribution in [2.75, 3.05) is 6.54 Å². The monoisotopic (exact) mass is 475 g/mol. The summed E-state index contributed by atoms with van der Waals surface area (Å²) < 4.78 is 28.3. The number of alkyl halides is 2. The lowest BCUT2D eigenvalue weighted by Gasteiger charge is -2.27. The van der Waals surface area contributed by atoms with Crippen molar-refractivity contribution in [2.24, 2.45) is 0 Å². The van der Waals surface area contributed by atoms with Gasteiger partial charge in [-0.2, -0.15) is 0 Å². The van der Waals surface area contributed by atoms with Crippen molar-refractivity contribution in [3.8, 4) is 0 Å². The Morgan fingerprint density at radius 1 is 1.15 bits per heavy atom. The average Bonchev–Trinajstić information content (AvgIpc) is 3.12. The number of hydrogen-bond donors (Lipinski definition) is 3. The summed E-state index contributed by atoms with van der Waals surface area (Å²) in [6, 6.07) is 7.86. The molecule has 11 heteroatoms. The third kappa shape index (κ3) is 5.53. The van der Waals surface area contributed by atoms with Crippen LogP contribution in [0.3, 0.4) is 0 Å². The molecule has 1 saturated heterocycles. The topological polar surface area (TPSA) is 133 Å². The van der Waals surface area contributed by atoms with Crippen LogP contribution < -0.4 is 10.6 Å². The second-order valence-corrected chi connectivity index (χ2v) is 8.11. The smallest absolute Gasteiger partial charge is 0.305 e.